The molecule has 0 atom stereocenters. The molecule has 0 bridgehead atoms. The van der Waals surface area contributed by atoms with Crippen molar-refractivity contribution in [2.24, 2.45) is 0 Å². The molecule has 3 aromatic rings. The summed E-state index contributed by atoms with van der Waals surface area (Å²) in [5.74, 6) is 2.08. The van der Waals surface area contributed by atoms with Gasteiger partial charge in [0.15, 0.2) is 0 Å². The number of fused-ring (bicyclic) bond motifs is 1. The van der Waals surface area contributed by atoms with Crippen molar-refractivity contribution in [2.75, 3.05) is 44.3 Å². The third-order valence-corrected chi connectivity index (χ3v) is 5.95. The van der Waals surface area contributed by atoms with Crippen LogP contribution in [0.15, 0.2) is 48.5 Å². The lowest BCUT2D eigenvalue weighted by atomic mass is 10.1. The predicted molar refractivity (Wildman–Crippen MR) is 120 cm³/mol. The molecule has 0 amide bonds. The van der Waals surface area contributed by atoms with Crippen molar-refractivity contribution in [1.29, 1.82) is 0 Å². The monoisotopic (exact) mass is 403 g/mol. The van der Waals surface area contributed by atoms with Crippen molar-refractivity contribution in [3.8, 4) is 5.75 Å². The second-order valence-electron chi connectivity index (χ2n) is 8.52. The van der Waals surface area contributed by atoms with Crippen molar-refractivity contribution in [2.45, 2.75) is 26.5 Å². The highest BCUT2D eigenvalue weighted by Crippen LogP contribution is 2.28. The lowest BCUT2D eigenvalue weighted by Gasteiger charge is -2.40. The zero-order valence-electron chi connectivity index (χ0n) is 17.8. The maximum Gasteiger partial charge on any atom is 0.133 e. The highest BCUT2D eigenvalue weighted by molar-refractivity contribution is 5.82. The molecule has 2 saturated heterocycles. The summed E-state index contributed by atoms with van der Waals surface area (Å²) in [6.07, 6.45) is 0.259. The van der Waals surface area contributed by atoms with E-state index in [1.54, 1.807) is 0 Å². The van der Waals surface area contributed by atoms with Gasteiger partial charge in [-0.05, 0) is 49.2 Å². The number of hydrogen-bond donors (Lipinski definition) is 0. The summed E-state index contributed by atoms with van der Waals surface area (Å²) in [7, 11) is 0. The van der Waals surface area contributed by atoms with Crippen LogP contribution < -0.4 is 9.64 Å². The number of ether oxygens (including phenoxy) is 2. The van der Waals surface area contributed by atoms with E-state index in [1.807, 2.05) is 6.07 Å². The Kier molecular flexibility index (Phi) is 5.32. The number of nitrogens with zero attached hydrogens (tertiary/aromatic N) is 3. The molecule has 0 saturated carbocycles. The molecular formula is C25H29N3O2. The highest BCUT2D eigenvalue weighted by Gasteiger charge is 2.30. The van der Waals surface area contributed by atoms with E-state index in [2.05, 4.69) is 66.1 Å². The molecule has 30 heavy (non-hydrogen) atoms. The fourth-order valence-corrected chi connectivity index (χ4v) is 4.32. The largest absolute Gasteiger partial charge is 0.488 e. The van der Waals surface area contributed by atoms with Gasteiger partial charge in [-0.3, -0.25) is 4.90 Å². The summed E-state index contributed by atoms with van der Waals surface area (Å²) < 4.78 is 11.7. The van der Waals surface area contributed by atoms with E-state index in [4.69, 9.17) is 14.5 Å². The number of likely N-dealkylation sites (tertiary alicyclic amines) is 1. The number of anilines is 1. The van der Waals surface area contributed by atoms with Crippen LogP contribution in [0, 0.1) is 13.8 Å². The first-order chi connectivity index (χ1) is 14.6. The SMILES string of the molecule is Cc1cccc(OC2CN(Cc3cc4ccc(C)cc4nc3N3CCOCC3)C2)c1. The maximum absolute atomic E-state index is 6.14. The summed E-state index contributed by atoms with van der Waals surface area (Å²) in [5.41, 5.74) is 4.85. The standard InChI is InChI=1S/C25H29N3O2/c1-18-4-3-5-22(12-18)30-23-16-27(17-23)15-21-14-20-7-6-19(2)13-24(20)26-25(21)28-8-10-29-11-9-28/h3-7,12-14,23H,8-11,15-17H2,1-2H3. The molecule has 0 N–H and O–H groups in total. The first-order valence-corrected chi connectivity index (χ1v) is 10.8. The van der Waals surface area contributed by atoms with Crippen LogP contribution in [0.2, 0.25) is 0 Å². The number of hydrogen-bond acceptors (Lipinski definition) is 5. The van der Waals surface area contributed by atoms with Gasteiger partial charge in [0.1, 0.15) is 17.7 Å². The molecule has 5 rings (SSSR count). The normalized spacial score (nSPS) is 17.9. The van der Waals surface area contributed by atoms with Crippen LogP contribution in [0.3, 0.4) is 0 Å². The number of benzene rings is 2. The van der Waals surface area contributed by atoms with Crippen LogP contribution in [-0.4, -0.2) is 55.4 Å². The zero-order valence-corrected chi connectivity index (χ0v) is 17.8. The fourth-order valence-electron chi connectivity index (χ4n) is 4.32. The van der Waals surface area contributed by atoms with Gasteiger partial charge >= 0.3 is 0 Å². The van der Waals surface area contributed by atoms with Gasteiger partial charge in [-0.1, -0.05) is 24.3 Å². The van der Waals surface area contributed by atoms with Crippen LogP contribution in [0.1, 0.15) is 16.7 Å². The first-order valence-electron chi connectivity index (χ1n) is 10.8. The van der Waals surface area contributed by atoms with Gasteiger partial charge in [0.25, 0.3) is 0 Å². The van der Waals surface area contributed by atoms with Crippen molar-refractivity contribution in [3.63, 3.8) is 0 Å². The second-order valence-corrected chi connectivity index (χ2v) is 8.52. The van der Waals surface area contributed by atoms with Crippen molar-refractivity contribution >= 4 is 16.7 Å². The van der Waals surface area contributed by atoms with E-state index in [0.29, 0.717) is 0 Å². The molecule has 0 aliphatic carbocycles. The Labute approximate surface area is 178 Å². The highest BCUT2D eigenvalue weighted by atomic mass is 16.5. The first kappa shape index (κ1) is 19.3. The van der Waals surface area contributed by atoms with E-state index < -0.39 is 0 Å². The average Bonchev–Trinajstić information content (AvgIpc) is 2.72. The third-order valence-electron chi connectivity index (χ3n) is 5.95. The minimum atomic E-state index is 0.259. The van der Waals surface area contributed by atoms with E-state index in [9.17, 15) is 0 Å². The molecule has 2 aliphatic rings. The topological polar surface area (TPSA) is 37.8 Å². The van der Waals surface area contributed by atoms with E-state index in [-0.39, 0.29) is 6.10 Å². The molecule has 0 radical (unpaired) electrons. The number of rotatable bonds is 5. The summed E-state index contributed by atoms with van der Waals surface area (Å²) in [5, 5.41) is 1.21. The third kappa shape index (κ3) is 4.13. The Morgan fingerprint density at radius 2 is 1.80 bits per heavy atom. The molecular weight excluding hydrogens is 374 g/mol. The minimum Gasteiger partial charge on any atom is -0.488 e. The number of aryl methyl sites for hydroxylation is 2. The Morgan fingerprint density at radius 3 is 2.60 bits per heavy atom. The predicted octanol–water partition coefficient (Wildman–Crippen LogP) is 3.95. The molecule has 156 valence electrons. The molecule has 0 unspecified atom stereocenters. The molecule has 2 fully saturated rings. The molecule has 2 aliphatic heterocycles. The molecule has 5 nitrogen and oxygen atoms in total. The Balaban J connectivity index is 1.32. The van der Waals surface area contributed by atoms with Crippen LogP contribution >= 0.6 is 0 Å². The molecule has 0 spiro atoms. The van der Waals surface area contributed by atoms with Gasteiger partial charge in [-0.2, -0.15) is 0 Å². The summed E-state index contributed by atoms with van der Waals surface area (Å²) >= 11 is 0. The van der Waals surface area contributed by atoms with E-state index >= 15 is 0 Å². The lowest BCUT2D eigenvalue weighted by molar-refractivity contribution is 0.0145. The van der Waals surface area contributed by atoms with Gasteiger partial charge in [-0.25, -0.2) is 4.98 Å². The fraction of sp³-hybridized carbons (Fsp3) is 0.400. The lowest BCUT2D eigenvalue weighted by Crippen LogP contribution is -2.53. The Morgan fingerprint density at radius 1 is 1.00 bits per heavy atom. The van der Waals surface area contributed by atoms with Gasteiger partial charge < -0.3 is 14.4 Å². The summed E-state index contributed by atoms with van der Waals surface area (Å²) in [6, 6.07) is 17.1. The van der Waals surface area contributed by atoms with E-state index in [1.165, 1.54) is 22.1 Å². The zero-order chi connectivity index (χ0) is 20.5. The van der Waals surface area contributed by atoms with Crippen LogP contribution in [0.5, 0.6) is 5.75 Å². The van der Waals surface area contributed by atoms with Gasteiger partial charge in [0.2, 0.25) is 0 Å². The van der Waals surface area contributed by atoms with E-state index in [0.717, 1.165) is 63.0 Å². The number of morpholine rings is 1. The van der Waals surface area contributed by atoms with Crippen LogP contribution in [-0.2, 0) is 11.3 Å². The molecule has 2 aromatic carbocycles. The van der Waals surface area contributed by atoms with Crippen molar-refractivity contribution in [3.05, 3.63) is 65.2 Å². The van der Waals surface area contributed by atoms with Gasteiger partial charge in [0.05, 0.1) is 18.7 Å². The quantitative estimate of drug-likeness (QED) is 0.645. The average molecular weight is 404 g/mol. The van der Waals surface area contributed by atoms with Crippen molar-refractivity contribution < 1.29 is 9.47 Å². The molecule has 3 heterocycles. The Hall–Kier alpha value is -2.63. The smallest absolute Gasteiger partial charge is 0.133 e. The number of pyridine rings is 1. The minimum absolute atomic E-state index is 0.259. The Bertz CT molecular complexity index is 1040. The van der Waals surface area contributed by atoms with Gasteiger partial charge in [-0.15, -0.1) is 0 Å². The summed E-state index contributed by atoms with van der Waals surface area (Å²) in [4.78, 5) is 9.90. The number of aromatic nitrogens is 1. The van der Waals surface area contributed by atoms with Crippen molar-refractivity contribution in [1.82, 2.24) is 9.88 Å². The second kappa shape index (κ2) is 8.25. The molecule has 5 heteroatoms. The van der Waals surface area contributed by atoms with Crippen LogP contribution in [0.25, 0.3) is 10.9 Å². The summed E-state index contributed by atoms with van der Waals surface area (Å²) in [6.45, 7) is 10.3. The molecule has 1 aromatic heterocycles. The maximum atomic E-state index is 6.14. The van der Waals surface area contributed by atoms with Gasteiger partial charge in [0, 0.05) is 43.7 Å². The van der Waals surface area contributed by atoms with Crippen LogP contribution in [0.4, 0.5) is 5.82 Å².